The van der Waals surface area contributed by atoms with Gasteiger partial charge in [0.25, 0.3) is 0 Å². The van der Waals surface area contributed by atoms with E-state index in [0.29, 0.717) is 19.3 Å². The smallest absolute Gasteiger partial charge is 0.462 e. The summed E-state index contributed by atoms with van der Waals surface area (Å²) >= 11 is 0. The van der Waals surface area contributed by atoms with Crippen LogP contribution in [0.2, 0.25) is 0 Å². The van der Waals surface area contributed by atoms with Crippen molar-refractivity contribution in [2.45, 2.75) is 216 Å². The van der Waals surface area contributed by atoms with Gasteiger partial charge in [-0.05, 0) is 70.6 Å². The van der Waals surface area contributed by atoms with Crippen LogP contribution in [0.15, 0.2) is 72.9 Å². The maximum atomic E-state index is 13.8. The van der Waals surface area contributed by atoms with Gasteiger partial charge in [0, 0.05) is 25.2 Å². The lowest BCUT2D eigenvalue weighted by atomic mass is 9.83. The van der Waals surface area contributed by atoms with Gasteiger partial charge in [-0.1, -0.05) is 132 Å². The summed E-state index contributed by atoms with van der Waals surface area (Å²) in [7, 11) is -11.5. The Morgan fingerprint density at radius 3 is 2.12 bits per heavy atom. The van der Waals surface area contributed by atoms with E-state index in [9.17, 15) is 69.1 Å². The Bertz CT molecular complexity index is 1800. The first-order valence-electron chi connectivity index (χ1n) is 25.9. The van der Waals surface area contributed by atoms with Gasteiger partial charge in [-0.15, -0.1) is 0 Å². The zero-order valence-corrected chi connectivity index (χ0v) is 44.4. The van der Waals surface area contributed by atoms with Crippen molar-refractivity contribution in [3.05, 3.63) is 72.9 Å². The van der Waals surface area contributed by atoms with E-state index in [1.165, 1.54) is 6.08 Å². The molecule has 13 atom stereocenters. The zero-order valence-electron chi connectivity index (χ0n) is 42.6. The summed E-state index contributed by atoms with van der Waals surface area (Å²) in [5, 5.41) is 79.1. The predicted octanol–water partition coefficient (Wildman–Crippen LogP) is 6.50. The fourth-order valence-corrected chi connectivity index (χ4v) is 9.53. The lowest BCUT2D eigenvalue weighted by Crippen LogP contribution is -2.58. The maximum Gasteiger partial charge on any atom is 0.472 e. The topological polar surface area (TPSA) is 326 Å². The number of esters is 2. The van der Waals surface area contributed by atoms with E-state index in [0.717, 1.165) is 82.8 Å². The number of aliphatic hydroxyl groups is 7. The number of carbonyl (C=O) groups is 2. The molecule has 2 bridgehead atoms. The molecule has 0 spiro atoms. The fraction of sp³-hybridized carbons (Fsp3) is 0.725. The molecule has 2 unspecified atom stereocenters. The Morgan fingerprint density at radius 2 is 1.47 bits per heavy atom. The molecule has 20 nitrogen and oxygen atoms in total. The van der Waals surface area contributed by atoms with E-state index in [4.69, 9.17) is 27.8 Å². The first-order valence-corrected chi connectivity index (χ1v) is 28.9. The van der Waals surface area contributed by atoms with Crippen molar-refractivity contribution in [1.82, 2.24) is 0 Å². The summed E-state index contributed by atoms with van der Waals surface area (Å²) < 4.78 is 57.9. The predicted molar refractivity (Wildman–Crippen MR) is 272 cm³/mol. The molecule has 22 heteroatoms. The normalized spacial score (nSPS) is 30.7. The van der Waals surface area contributed by atoms with Crippen molar-refractivity contribution in [1.29, 1.82) is 0 Å². The highest BCUT2D eigenvalue weighted by atomic mass is 31.2. The third kappa shape index (κ3) is 30.0. The Balaban J connectivity index is 2.27. The molecule has 420 valence electrons. The highest BCUT2D eigenvalue weighted by Gasteiger charge is 2.50. The Labute approximate surface area is 431 Å². The highest BCUT2D eigenvalue weighted by molar-refractivity contribution is 7.47. The van der Waals surface area contributed by atoms with Crippen LogP contribution in [0.1, 0.15) is 149 Å². The number of phosphoric acid groups is 2. The number of aliphatic hydroxyl groups excluding tert-OH is 7. The average molecular weight is 1080 g/mol. The van der Waals surface area contributed by atoms with Gasteiger partial charge in [0.05, 0.1) is 24.9 Å². The van der Waals surface area contributed by atoms with Crippen molar-refractivity contribution >= 4 is 27.6 Å². The number of ether oxygens (including phenoxy) is 3. The minimum atomic E-state index is -5.80. The van der Waals surface area contributed by atoms with E-state index in [1.807, 2.05) is 6.92 Å². The molecule has 0 aliphatic carbocycles. The lowest BCUT2D eigenvalue weighted by Gasteiger charge is -2.41. The van der Waals surface area contributed by atoms with Gasteiger partial charge in [-0.25, -0.2) is 9.13 Å². The molecule has 10 N–H and O–H groups in total. The Hall–Kier alpha value is -2.72. The van der Waals surface area contributed by atoms with Crippen LogP contribution in [0.25, 0.3) is 0 Å². The van der Waals surface area contributed by atoms with Crippen LogP contribution in [0.3, 0.4) is 0 Å². The number of carbonyl (C=O) groups excluding carboxylic acids is 2. The van der Waals surface area contributed by atoms with E-state index >= 15 is 0 Å². The van der Waals surface area contributed by atoms with Gasteiger partial charge < -0.3 is 64.6 Å². The van der Waals surface area contributed by atoms with E-state index in [2.05, 4.69) is 55.5 Å². The van der Waals surface area contributed by atoms with Crippen molar-refractivity contribution in [3.63, 3.8) is 0 Å². The monoisotopic (exact) mass is 1080 g/mol. The first kappa shape index (κ1) is 66.4. The van der Waals surface area contributed by atoms with E-state index in [1.54, 1.807) is 6.08 Å². The van der Waals surface area contributed by atoms with Gasteiger partial charge in [-0.3, -0.25) is 23.2 Å². The Kier molecular flexibility index (Phi) is 34.5. The molecule has 73 heavy (non-hydrogen) atoms. The van der Waals surface area contributed by atoms with E-state index < -0.39 is 120 Å². The molecule has 0 aromatic heterocycles. The van der Waals surface area contributed by atoms with Crippen molar-refractivity contribution < 1.29 is 96.9 Å². The van der Waals surface area contributed by atoms with Crippen molar-refractivity contribution in [2.24, 2.45) is 5.92 Å². The van der Waals surface area contributed by atoms with Crippen molar-refractivity contribution in [2.75, 3.05) is 13.2 Å². The second-order valence-corrected chi connectivity index (χ2v) is 21.0. The van der Waals surface area contributed by atoms with Crippen LogP contribution >= 0.6 is 15.6 Å². The average Bonchev–Trinajstić information content (AvgIpc) is 3.33. The molecule has 0 saturated carbocycles. The molecule has 0 aromatic carbocycles. The SMILES string of the molecule is CC/C=C\C/C=C\C/C=C\C/C=C\CCCCCCCCC(=O)O[C@@H]1COC(=O)CCCC=CC[C@@H]2[C@@H](O)[C@H](O)[C@@H](O)[C@H](OP(=O)(O)OC1)[C@H](OP(=O)(O)O)[C@H](O)[C@@H](C=C[C@@H](O)CCCCC)OC(O)C[C@@H]2O. The minimum Gasteiger partial charge on any atom is -0.462 e. The molecule has 2 heterocycles. The number of hydrogen-bond donors (Lipinski definition) is 10. The quantitative estimate of drug-likeness (QED) is 0.0202. The standard InChI is InChI=1S/C51H86O20P2/c1-3-5-7-8-9-10-11-12-13-14-15-16-17-18-19-20-21-22-28-32-44(55)68-39-36-66-43(54)31-27-24-23-26-30-40-41(53)35-45(56)69-42(34-33-38(52)29-25-6-4-2)47(58)50(70-72(61,62)63)51(49(60)48(59)46(40)57)71-73(64,65)67-37-39/h5,7,9-10,12-13,15-16,23,26,33-34,38-42,45-53,56-60H,3-4,6,8,11,14,17-22,24-25,27-32,35-37H2,1-2H3,(H,64,65)(H2,61,62,63)/b7-5-,10-9-,13-12-,16-15-,26-23?,34-33?/t38-,39+,40-,41-,42+,45?,46+,47+,48-,49+,50+,51-/m0/s1. The molecule has 0 aromatic rings. The maximum absolute atomic E-state index is 13.8. The van der Waals surface area contributed by atoms with Gasteiger partial charge in [0.2, 0.25) is 0 Å². The third-order valence-corrected chi connectivity index (χ3v) is 13.6. The minimum absolute atomic E-state index is 0.0579. The highest BCUT2D eigenvalue weighted by Crippen LogP contribution is 2.49. The number of allylic oxidation sites excluding steroid dienone is 10. The molecule has 1 saturated heterocycles. The summed E-state index contributed by atoms with van der Waals surface area (Å²) in [6, 6.07) is 0. The van der Waals surface area contributed by atoms with Crippen LogP contribution in [-0.2, 0) is 46.5 Å². The second kappa shape index (κ2) is 37.9. The summed E-state index contributed by atoms with van der Waals surface area (Å²) in [6.45, 7) is 2.41. The zero-order chi connectivity index (χ0) is 54.1. The van der Waals surface area contributed by atoms with Crippen LogP contribution < -0.4 is 0 Å². The molecular formula is C51H86O20P2. The number of rotatable bonds is 25. The van der Waals surface area contributed by atoms with Crippen LogP contribution in [0.5, 0.6) is 0 Å². The summed E-state index contributed by atoms with van der Waals surface area (Å²) in [5.41, 5.74) is 0. The number of unbranched alkanes of at least 4 members (excludes halogenated alkanes) is 8. The molecule has 2 aliphatic rings. The molecule has 2 aliphatic heterocycles. The van der Waals surface area contributed by atoms with Gasteiger partial charge >= 0.3 is 27.6 Å². The van der Waals surface area contributed by atoms with Crippen molar-refractivity contribution in [3.8, 4) is 0 Å². The molecule has 2 rings (SSSR count). The molecule has 0 amide bonds. The van der Waals surface area contributed by atoms with Gasteiger partial charge in [0.15, 0.2) is 12.4 Å². The number of phosphoric ester groups is 2. The number of fused-ring (bicyclic) bond motifs is 4. The van der Waals surface area contributed by atoms with Crippen LogP contribution in [0, 0.1) is 5.92 Å². The lowest BCUT2D eigenvalue weighted by molar-refractivity contribution is -0.210. The summed E-state index contributed by atoms with van der Waals surface area (Å²) in [6.07, 6.45) is 10.5. The molecule has 0 radical (unpaired) electrons. The largest absolute Gasteiger partial charge is 0.472 e. The molecular weight excluding hydrogens is 994 g/mol. The fourth-order valence-electron chi connectivity index (χ4n) is 8.00. The van der Waals surface area contributed by atoms with E-state index in [-0.39, 0.29) is 38.5 Å². The second-order valence-electron chi connectivity index (χ2n) is 18.4. The summed E-state index contributed by atoms with van der Waals surface area (Å²) in [5.74, 6) is -2.91. The third-order valence-electron chi connectivity index (χ3n) is 12.1. The number of hydrogen-bond acceptors (Lipinski definition) is 17. The van der Waals surface area contributed by atoms with Gasteiger partial charge in [-0.2, -0.15) is 0 Å². The van der Waals surface area contributed by atoms with Crippen LogP contribution in [-0.4, -0.2) is 143 Å². The number of cyclic esters (lactones) is 1. The summed E-state index contributed by atoms with van der Waals surface area (Å²) in [4.78, 5) is 56.9. The first-order chi connectivity index (χ1) is 34.8. The van der Waals surface area contributed by atoms with Crippen LogP contribution in [0.4, 0.5) is 0 Å². The Morgan fingerprint density at radius 1 is 0.822 bits per heavy atom. The molecule has 1 fully saturated rings. The van der Waals surface area contributed by atoms with Gasteiger partial charge in [0.1, 0.15) is 43.2 Å².